The van der Waals surface area contributed by atoms with Crippen molar-refractivity contribution in [1.82, 2.24) is 4.90 Å². The van der Waals surface area contributed by atoms with E-state index in [9.17, 15) is 9.59 Å². The predicted molar refractivity (Wildman–Crippen MR) is 131 cm³/mol. The number of fused-ring (bicyclic) bond motifs is 1. The summed E-state index contributed by atoms with van der Waals surface area (Å²) in [6.45, 7) is 3.57. The summed E-state index contributed by atoms with van der Waals surface area (Å²) in [6.07, 6.45) is 6.70. The van der Waals surface area contributed by atoms with Crippen LogP contribution in [-0.2, 0) is 0 Å². The Balaban J connectivity index is 1.51. The number of hydrogen-bond donors (Lipinski definition) is 0. The molecular weight excluding hydrogens is 434 g/mol. The molecule has 0 saturated carbocycles. The molecule has 4 rings (SSSR count). The van der Waals surface area contributed by atoms with Crippen LogP contribution in [0.4, 0.5) is 0 Å². The number of hydrogen-bond acceptors (Lipinski definition) is 7. The molecule has 1 fully saturated rings. The van der Waals surface area contributed by atoms with E-state index in [1.54, 1.807) is 56.7 Å². The van der Waals surface area contributed by atoms with Crippen LogP contribution < -0.4 is 19.8 Å². The van der Waals surface area contributed by atoms with Gasteiger partial charge in [0.25, 0.3) is 0 Å². The summed E-state index contributed by atoms with van der Waals surface area (Å²) in [5.74, 6) is 1.10. The van der Waals surface area contributed by atoms with Crippen LogP contribution in [-0.4, -0.2) is 51.1 Å². The van der Waals surface area contributed by atoms with Gasteiger partial charge in [0.05, 0.1) is 14.2 Å². The molecule has 178 valence electrons. The summed E-state index contributed by atoms with van der Waals surface area (Å²) in [6, 6.07) is 12.2. The molecule has 34 heavy (non-hydrogen) atoms. The summed E-state index contributed by atoms with van der Waals surface area (Å²) in [5, 5.41) is 0.688. The molecule has 1 saturated heterocycles. The Bertz CT molecular complexity index is 1210. The second-order valence-electron chi connectivity index (χ2n) is 8.19. The van der Waals surface area contributed by atoms with Crippen molar-refractivity contribution in [3.05, 3.63) is 70.1 Å². The maximum atomic E-state index is 12.7. The first-order valence-electron chi connectivity index (χ1n) is 11.5. The average Bonchev–Trinajstić information content (AvgIpc) is 2.87. The number of para-hydroxylation sites is 1. The summed E-state index contributed by atoms with van der Waals surface area (Å²) in [4.78, 5) is 27.4. The highest BCUT2D eigenvalue weighted by atomic mass is 16.5. The number of ether oxygens (including phenoxy) is 3. The number of piperidine rings is 1. The van der Waals surface area contributed by atoms with E-state index in [1.807, 2.05) is 6.07 Å². The van der Waals surface area contributed by atoms with Gasteiger partial charge in [-0.3, -0.25) is 9.69 Å². The van der Waals surface area contributed by atoms with Gasteiger partial charge in [0.2, 0.25) is 5.75 Å². The van der Waals surface area contributed by atoms with E-state index in [0.29, 0.717) is 40.4 Å². The molecule has 1 aliphatic rings. The molecule has 1 aliphatic heterocycles. The van der Waals surface area contributed by atoms with Crippen molar-refractivity contribution >= 4 is 22.8 Å². The number of carbonyl (C=O) groups excluding carboxylic acids is 1. The number of rotatable bonds is 9. The molecule has 2 aromatic carbocycles. The standard InChI is InChI=1S/C27H29NO6/c1-31-24-16-19(17-25(32-2)26(24)33-15-14-28-12-6-3-7-13-28)10-11-22(29)21-18-20-8-4-5-9-23(20)34-27(21)30/h4-5,8-11,16-18H,3,6-7,12-15H2,1-2H3/b11-10+. The highest BCUT2D eigenvalue weighted by molar-refractivity contribution is 6.07. The number of methoxy groups -OCH3 is 2. The molecule has 0 radical (unpaired) electrons. The van der Waals surface area contributed by atoms with Crippen molar-refractivity contribution in [1.29, 1.82) is 0 Å². The molecule has 7 nitrogen and oxygen atoms in total. The monoisotopic (exact) mass is 463 g/mol. The first-order chi connectivity index (χ1) is 16.6. The van der Waals surface area contributed by atoms with Crippen LogP contribution in [0.3, 0.4) is 0 Å². The molecule has 0 amide bonds. The van der Waals surface area contributed by atoms with Gasteiger partial charge in [-0.25, -0.2) is 4.79 Å². The normalized spacial score (nSPS) is 14.4. The zero-order valence-electron chi connectivity index (χ0n) is 19.5. The molecule has 7 heteroatoms. The van der Waals surface area contributed by atoms with Crippen LogP contribution >= 0.6 is 0 Å². The van der Waals surface area contributed by atoms with Gasteiger partial charge in [-0.15, -0.1) is 0 Å². The first-order valence-corrected chi connectivity index (χ1v) is 11.5. The third kappa shape index (κ3) is 5.48. The van der Waals surface area contributed by atoms with E-state index in [4.69, 9.17) is 18.6 Å². The van der Waals surface area contributed by atoms with Crippen LogP contribution in [0.1, 0.15) is 35.2 Å². The maximum Gasteiger partial charge on any atom is 0.347 e. The van der Waals surface area contributed by atoms with Crippen molar-refractivity contribution in [3.63, 3.8) is 0 Å². The maximum absolute atomic E-state index is 12.7. The summed E-state index contributed by atoms with van der Waals surface area (Å²) in [7, 11) is 3.12. The van der Waals surface area contributed by atoms with Gasteiger partial charge < -0.3 is 18.6 Å². The Morgan fingerprint density at radius 2 is 1.74 bits per heavy atom. The third-order valence-corrected chi connectivity index (χ3v) is 5.92. The Kier molecular flexibility index (Phi) is 7.65. The Morgan fingerprint density at radius 3 is 2.44 bits per heavy atom. The zero-order valence-corrected chi connectivity index (χ0v) is 19.5. The average molecular weight is 464 g/mol. The molecule has 0 spiro atoms. The largest absolute Gasteiger partial charge is 0.493 e. The smallest absolute Gasteiger partial charge is 0.347 e. The molecule has 0 bridgehead atoms. The predicted octanol–water partition coefficient (Wildman–Crippen LogP) is 4.57. The SMILES string of the molecule is COc1cc(/C=C/C(=O)c2cc3ccccc3oc2=O)cc(OC)c1OCCN1CCCCC1. The fourth-order valence-electron chi connectivity index (χ4n) is 4.09. The van der Waals surface area contributed by atoms with Crippen molar-refractivity contribution < 1.29 is 23.4 Å². The van der Waals surface area contributed by atoms with Gasteiger partial charge in [0.15, 0.2) is 17.3 Å². The van der Waals surface area contributed by atoms with Crippen molar-refractivity contribution in [3.8, 4) is 17.2 Å². The fraction of sp³-hybridized carbons (Fsp3) is 0.333. The molecule has 0 atom stereocenters. The topological polar surface area (TPSA) is 78.2 Å². The minimum atomic E-state index is -0.666. The van der Waals surface area contributed by atoms with Gasteiger partial charge in [0, 0.05) is 11.9 Å². The number of carbonyl (C=O) groups is 1. The molecule has 3 aromatic rings. The van der Waals surface area contributed by atoms with E-state index < -0.39 is 11.4 Å². The highest BCUT2D eigenvalue weighted by Crippen LogP contribution is 2.39. The number of likely N-dealkylation sites (tertiary alicyclic amines) is 1. The quantitative estimate of drug-likeness (QED) is 0.261. The lowest BCUT2D eigenvalue weighted by atomic mass is 10.1. The highest BCUT2D eigenvalue weighted by Gasteiger charge is 2.16. The number of benzene rings is 2. The van der Waals surface area contributed by atoms with Crippen molar-refractivity contribution in [2.24, 2.45) is 0 Å². The fourth-order valence-corrected chi connectivity index (χ4v) is 4.09. The minimum absolute atomic E-state index is 0.0217. The van der Waals surface area contributed by atoms with Crippen LogP contribution in [0.5, 0.6) is 17.2 Å². The summed E-state index contributed by atoms with van der Waals surface area (Å²) < 4.78 is 22.3. The van der Waals surface area contributed by atoms with E-state index in [-0.39, 0.29) is 5.56 Å². The Labute approximate surface area is 198 Å². The van der Waals surface area contributed by atoms with Crippen molar-refractivity contribution in [2.75, 3.05) is 40.5 Å². The molecule has 1 aromatic heterocycles. The molecule has 0 unspecified atom stereocenters. The number of ketones is 1. The van der Waals surface area contributed by atoms with Crippen LogP contribution in [0.15, 0.2) is 57.8 Å². The number of allylic oxidation sites excluding steroid dienone is 1. The second kappa shape index (κ2) is 11.0. The van der Waals surface area contributed by atoms with Crippen LogP contribution in [0, 0.1) is 0 Å². The van der Waals surface area contributed by atoms with E-state index in [1.165, 1.54) is 25.3 Å². The summed E-state index contributed by atoms with van der Waals surface area (Å²) >= 11 is 0. The van der Waals surface area contributed by atoms with E-state index >= 15 is 0 Å². The summed E-state index contributed by atoms with van der Waals surface area (Å²) in [5.41, 5.74) is 0.432. The molecule has 0 N–H and O–H groups in total. The lowest BCUT2D eigenvalue weighted by Crippen LogP contribution is -2.33. The van der Waals surface area contributed by atoms with E-state index in [2.05, 4.69) is 4.90 Å². The van der Waals surface area contributed by atoms with Gasteiger partial charge in [0.1, 0.15) is 17.8 Å². The van der Waals surface area contributed by atoms with Gasteiger partial charge in [-0.05, 0) is 61.8 Å². The number of nitrogens with zero attached hydrogens (tertiary/aromatic N) is 1. The second-order valence-corrected chi connectivity index (χ2v) is 8.19. The first kappa shape index (κ1) is 23.6. The third-order valence-electron chi connectivity index (χ3n) is 5.92. The van der Waals surface area contributed by atoms with Gasteiger partial charge in [-0.1, -0.05) is 30.7 Å². The van der Waals surface area contributed by atoms with Gasteiger partial charge in [-0.2, -0.15) is 0 Å². The van der Waals surface area contributed by atoms with Crippen molar-refractivity contribution in [2.45, 2.75) is 19.3 Å². The van der Waals surface area contributed by atoms with E-state index in [0.717, 1.165) is 19.6 Å². The zero-order chi connectivity index (χ0) is 23.9. The van der Waals surface area contributed by atoms with Crippen LogP contribution in [0.2, 0.25) is 0 Å². The molecular formula is C27H29NO6. The van der Waals surface area contributed by atoms with Crippen LogP contribution in [0.25, 0.3) is 17.0 Å². The molecule has 0 aliphatic carbocycles. The minimum Gasteiger partial charge on any atom is -0.493 e. The lowest BCUT2D eigenvalue weighted by Gasteiger charge is -2.26. The molecule has 2 heterocycles. The Morgan fingerprint density at radius 1 is 1.03 bits per heavy atom. The Hall–Kier alpha value is -3.58. The van der Waals surface area contributed by atoms with Gasteiger partial charge >= 0.3 is 5.63 Å². The lowest BCUT2D eigenvalue weighted by molar-refractivity contribution is 0.104.